The molecule has 0 saturated heterocycles. The molecule has 0 heterocycles. The largest absolute Gasteiger partial charge is 0.243 e. The molecule has 0 aromatic heterocycles. The van der Waals surface area contributed by atoms with Gasteiger partial charge in [0.1, 0.15) is 0 Å². The van der Waals surface area contributed by atoms with Gasteiger partial charge in [0.2, 0.25) is 10.0 Å². The van der Waals surface area contributed by atoms with Gasteiger partial charge in [-0.3, -0.25) is 0 Å². The van der Waals surface area contributed by atoms with E-state index in [0.717, 1.165) is 12.2 Å². The van der Waals surface area contributed by atoms with Gasteiger partial charge in [0.15, 0.2) is 0 Å². The summed E-state index contributed by atoms with van der Waals surface area (Å²) in [6.45, 7) is 3.73. The van der Waals surface area contributed by atoms with Gasteiger partial charge in [-0.25, -0.2) is 8.42 Å². The van der Waals surface area contributed by atoms with Crippen LogP contribution in [0.1, 0.15) is 24.5 Å². The van der Waals surface area contributed by atoms with E-state index in [1.807, 2.05) is 19.2 Å². The summed E-state index contributed by atoms with van der Waals surface area (Å²) in [5.74, 6) is 0.765. The molecular weight excluding hydrogens is 292 g/mol. The second-order valence-electron chi connectivity index (χ2n) is 4.63. The molecule has 0 aliphatic carbocycles. The molecule has 1 unspecified atom stereocenters. The van der Waals surface area contributed by atoms with Gasteiger partial charge < -0.3 is 0 Å². The van der Waals surface area contributed by atoms with Crippen molar-refractivity contribution in [2.75, 3.05) is 19.1 Å². The topological polar surface area (TPSA) is 61.2 Å². The van der Waals surface area contributed by atoms with Crippen molar-refractivity contribution >= 4 is 21.8 Å². The van der Waals surface area contributed by atoms with E-state index in [1.54, 1.807) is 37.9 Å². The molecule has 0 spiro atoms. The fourth-order valence-electron chi connectivity index (χ4n) is 1.96. The maximum Gasteiger partial charge on any atom is 0.243 e. The highest BCUT2D eigenvalue weighted by Crippen LogP contribution is 2.21. The van der Waals surface area contributed by atoms with Crippen LogP contribution in [0.5, 0.6) is 0 Å². The number of benzene rings is 1. The van der Waals surface area contributed by atoms with Gasteiger partial charge in [0.25, 0.3) is 0 Å². The second-order valence-corrected chi connectivity index (χ2v) is 7.54. The molecule has 1 aromatic rings. The minimum absolute atomic E-state index is 0.0223. The fraction of sp³-hybridized carbons (Fsp3) is 0.500. The zero-order valence-corrected chi connectivity index (χ0v) is 13.9. The van der Waals surface area contributed by atoms with Gasteiger partial charge in [0.05, 0.1) is 16.5 Å². The van der Waals surface area contributed by atoms with Gasteiger partial charge in [0, 0.05) is 18.8 Å². The highest BCUT2D eigenvalue weighted by Gasteiger charge is 2.27. The average Bonchev–Trinajstić information content (AvgIpc) is 2.43. The van der Waals surface area contributed by atoms with Crippen LogP contribution in [0.25, 0.3) is 0 Å². The Morgan fingerprint density at radius 1 is 1.45 bits per heavy atom. The van der Waals surface area contributed by atoms with Crippen molar-refractivity contribution in [2.45, 2.75) is 31.2 Å². The van der Waals surface area contributed by atoms with Crippen LogP contribution in [0.3, 0.4) is 0 Å². The maximum absolute atomic E-state index is 12.6. The SMILES string of the molecule is CCC(CSC)N(C)S(=O)(=O)c1ccc(C#N)c(C)c1. The van der Waals surface area contributed by atoms with Crippen LogP contribution in [0, 0.1) is 18.3 Å². The Balaban J connectivity index is 3.16. The molecule has 1 aromatic carbocycles. The molecule has 1 rings (SSSR count). The Kier molecular flexibility index (Phi) is 6.06. The molecule has 0 bridgehead atoms. The van der Waals surface area contributed by atoms with Gasteiger partial charge in [-0.2, -0.15) is 21.3 Å². The molecule has 0 aliphatic heterocycles. The number of sulfonamides is 1. The summed E-state index contributed by atoms with van der Waals surface area (Å²) in [5, 5.41) is 8.90. The van der Waals surface area contributed by atoms with Crippen LogP contribution in [0.4, 0.5) is 0 Å². The quantitative estimate of drug-likeness (QED) is 0.810. The Hall–Kier alpha value is -1.03. The molecule has 6 heteroatoms. The highest BCUT2D eigenvalue weighted by atomic mass is 32.2. The van der Waals surface area contributed by atoms with Crippen molar-refractivity contribution in [1.29, 1.82) is 5.26 Å². The molecule has 0 radical (unpaired) electrons. The van der Waals surface area contributed by atoms with Crippen molar-refractivity contribution in [3.8, 4) is 6.07 Å². The highest BCUT2D eigenvalue weighted by molar-refractivity contribution is 7.98. The predicted octanol–water partition coefficient (Wildman–Crippen LogP) is 2.63. The standard InChI is InChI=1S/C14H20N2O2S2/c1-5-13(10-19-4)16(3)20(17,18)14-7-6-12(9-15)11(2)8-14/h6-8,13H,5,10H2,1-4H3. The number of thioether (sulfide) groups is 1. The number of nitriles is 1. The van der Waals surface area contributed by atoms with Gasteiger partial charge in [-0.05, 0) is 43.4 Å². The Morgan fingerprint density at radius 2 is 2.10 bits per heavy atom. The summed E-state index contributed by atoms with van der Waals surface area (Å²) in [5.41, 5.74) is 1.18. The monoisotopic (exact) mass is 312 g/mol. The van der Waals surface area contributed by atoms with Gasteiger partial charge in [-0.15, -0.1) is 0 Å². The van der Waals surface area contributed by atoms with E-state index < -0.39 is 10.0 Å². The lowest BCUT2D eigenvalue weighted by Gasteiger charge is -2.26. The van der Waals surface area contributed by atoms with E-state index in [9.17, 15) is 8.42 Å². The van der Waals surface area contributed by atoms with Gasteiger partial charge in [-0.1, -0.05) is 6.92 Å². The fourth-order valence-corrected chi connectivity index (χ4v) is 4.41. The van der Waals surface area contributed by atoms with Crippen LogP contribution in [-0.4, -0.2) is 37.8 Å². The van der Waals surface area contributed by atoms with Crippen molar-refractivity contribution in [1.82, 2.24) is 4.31 Å². The van der Waals surface area contributed by atoms with Crippen LogP contribution < -0.4 is 0 Å². The van der Waals surface area contributed by atoms with E-state index in [4.69, 9.17) is 5.26 Å². The van der Waals surface area contributed by atoms with E-state index in [2.05, 4.69) is 0 Å². The number of rotatable bonds is 6. The van der Waals surface area contributed by atoms with E-state index in [0.29, 0.717) is 11.1 Å². The molecule has 1 atom stereocenters. The molecule has 0 amide bonds. The predicted molar refractivity (Wildman–Crippen MR) is 83.3 cm³/mol. The van der Waals surface area contributed by atoms with Crippen LogP contribution in [0.2, 0.25) is 0 Å². The van der Waals surface area contributed by atoms with Crippen LogP contribution in [-0.2, 0) is 10.0 Å². The zero-order chi connectivity index (χ0) is 15.3. The molecule has 0 fully saturated rings. The zero-order valence-electron chi connectivity index (χ0n) is 12.3. The maximum atomic E-state index is 12.6. The molecular formula is C14H20N2O2S2. The summed E-state index contributed by atoms with van der Waals surface area (Å²) in [6.07, 6.45) is 2.74. The van der Waals surface area contributed by atoms with E-state index in [-0.39, 0.29) is 10.9 Å². The smallest absolute Gasteiger partial charge is 0.207 e. The second kappa shape index (κ2) is 7.11. The molecule has 0 N–H and O–H groups in total. The summed E-state index contributed by atoms with van der Waals surface area (Å²) in [7, 11) is -1.89. The molecule has 0 saturated carbocycles. The lowest BCUT2D eigenvalue weighted by atomic mass is 10.1. The minimum atomic E-state index is -3.51. The summed E-state index contributed by atoms with van der Waals surface area (Å²) in [6, 6.07) is 6.65. The molecule has 0 aliphatic rings. The molecule has 110 valence electrons. The number of nitrogens with zero attached hydrogens (tertiary/aromatic N) is 2. The third-order valence-corrected chi connectivity index (χ3v) is 5.96. The van der Waals surface area contributed by atoms with Crippen molar-refractivity contribution in [3.63, 3.8) is 0 Å². The normalized spacial score (nSPS) is 13.2. The van der Waals surface area contributed by atoms with Crippen LogP contribution in [0.15, 0.2) is 23.1 Å². The Bertz CT molecular complexity index is 606. The third-order valence-electron chi connectivity index (χ3n) is 3.34. The lowest BCUT2D eigenvalue weighted by Crippen LogP contribution is -2.38. The average molecular weight is 312 g/mol. The summed E-state index contributed by atoms with van der Waals surface area (Å²) < 4.78 is 26.6. The van der Waals surface area contributed by atoms with Crippen LogP contribution >= 0.6 is 11.8 Å². The minimum Gasteiger partial charge on any atom is -0.207 e. The first-order valence-electron chi connectivity index (χ1n) is 6.36. The number of hydrogen-bond donors (Lipinski definition) is 0. The first-order chi connectivity index (χ1) is 9.38. The van der Waals surface area contributed by atoms with Crippen molar-refractivity contribution in [2.24, 2.45) is 0 Å². The van der Waals surface area contributed by atoms with Crippen molar-refractivity contribution in [3.05, 3.63) is 29.3 Å². The van der Waals surface area contributed by atoms with E-state index in [1.165, 1.54) is 10.4 Å². The lowest BCUT2D eigenvalue weighted by molar-refractivity contribution is 0.385. The Morgan fingerprint density at radius 3 is 2.55 bits per heavy atom. The number of aryl methyl sites for hydroxylation is 1. The number of hydrogen-bond acceptors (Lipinski definition) is 4. The Labute approximate surface area is 125 Å². The molecule has 4 nitrogen and oxygen atoms in total. The van der Waals surface area contributed by atoms with Gasteiger partial charge >= 0.3 is 0 Å². The van der Waals surface area contributed by atoms with Crippen molar-refractivity contribution < 1.29 is 8.42 Å². The summed E-state index contributed by atoms with van der Waals surface area (Å²) >= 11 is 1.63. The summed E-state index contributed by atoms with van der Waals surface area (Å²) in [4.78, 5) is 0.246. The first kappa shape index (κ1) is 17.0. The first-order valence-corrected chi connectivity index (χ1v) is 9.19. The molecule has 20 heavy (non-hydrogen) atoms. The van der Waals surface area contributed by atoms with E-state index >= 15 is 0 Å². The third kappa shape index (κ3) is 3.54.